The van der Waals surface area contributed by atoms with E-state index in [-0.39, 0.29) is 27.9 Å². The van der Waals surface area contributed by atoms with Crippen molar-refractivity contribution in [2.45, 2.75) is 6.61 Å². The Balaban J connectivity index is 1.50. The first kappa shape index (κ1) is 25.3. The van der Waals surface area contributed by atoms with Gasteiger partial charge in [-0.1, -0.05) is 65.7 Å². The molecule has 1 heterocycles. The predicted octanol–water partition coefficient (Wildman–Crippen LogP) is 6.40. The third-order valence-electron chi connectivity index (χ3n) is 6.05. The van der Waals surface area contributed by atoms with E-state index in [1.54, 1.807) is 18.2 Å². The summed E-state index contributed by atoms with van der Waals surface area (Å²) < 4.78 is 11.5. The van der Waals surface area contributed by atoms with Crippen LogP contribution in [-0.4, -0.2) is 25.0 Å². The molecule has 1 fully saturated rings. The SMILES string of the molecule is COc1ccc(/C=C2\C(=O)NC(=O)N(c3ccc(Cl)c(Cl)c3)C2=O)c(OCc2cccc3ccccc23)c1. The first-order valence-corrected chi connectivity index (χ1v) is 12.3. The topological polar surface area (TPSA) is 84.9 Å². The van der Waals surface area contributed by atoms with E-state index in [9.17, 15) is 14.4 Å². The summed E-state index contributed by atoms with van der Waals surface area (Å²) in [6.45, 7) is 0.235. The van der Waals surface area contributed by atoms with Crippen LogP contribution in [0.25, 0.3) is 16.8 Å². The molecule has 1 N–H and O–H groups in total. The monoisotopic (exact) mass is 546 g/mol. The van der Waals surface area contributed by atoms with Gasteiger partial charge in [0.05, 0.1) is 22.8 Å². The van der Waals surface area contributed by atoms with E-state index >= 15 is 0 Å². The second-order valence-electron chi connectivity index (χ2n) is 8.39. The standard InChI is InChI=1S/C29H20Cl2N2O5/c1-37-21-11-9-18(26(15-21)38-16-19-7-4-6-17-5-2-3-8-22(17)19)13-23-27(34)32-29(36)33(28(23)35)20-10-12-24(30)25(31)14-20/h2-15H,16H2,1H3,(H,32,34,36)/b23-13+. The molecule has 0 radical (unpaired) electrons. The number of fused-ring (bicyclic) bond motifs is 1. The number of ether oxygens (including phenoxy) is 2. The van der Waals surface area contributed by atoms with Crippen LogP contribution in [0.2, 0.25) is 10.0 Å². The van der Waals surface area contributed by atoms with Crippen LogP contribution in [-0.2, 0) is 16.2 Å². The van der Waals surface area contributed by atoms with Crippen molar-refractivity contribution in [3.8, 4) is 11.5 Å². The molecule has 0 saturated carbocycles. The molecule has 0 aliphatic carbocycles. The summed E-state index contributed by atoms with van der Waals surface area (Å²) in [6.07, 6.45) is 1.38. The highest BCUT2D eigenvalue weighted by Gasteiger charge is 2.37. The molecule has 4 amide bonds. The van der Waals surface area contributed by atoms with Crippen LogP contribution < -0.4 is 19.7 Å². The van der Waals surface area contributed by atoms with Crippen molar-refractivity contribution >= 4 is 63.6 Å². The third kappa shape index (κ3) is 4.94. The van der Waals surface area contributed by atoms with Gasteiger partial charge in [-0.15, -0.1) is 0 Å². The lowest BCUT2D eigenvalue weighted by Crippen LogP contribution is -2.54. The van der Waals surface area contributed by atoms with E-state index in [2.05, 4.69) is 5.32 Å². The molecular formula is C29H20Cl2N2O5. The average molecular weight is 547 g/mol. The normalized spacial score (nSPS) is 14.7. The highest BCUT2D eigenvalue weighted by molar-refractivity contribution is 6.43. The number of benzene rings is 4. The second kappa shape index (κ2) is 10.6. The Hall–Kier alpha value is -4.33. The first-order valence-electron chi connectivity index (χ1n) is 11.5. The van der Waals surface area contributed by atoms with Gasteiger partial charge in [-0.25, -0.2) is 9.69 Å². The maximum absolute atomic E-state index is 13.3. The average Bonchev–Trinajstić information content (AvgIpc) is 2.92. The lowest BCUT2D eigenvalue weighted by molar-refractivity contribution is -0.122. The van der Waals surface area contributed by atoms with Gasteiger partial charge in [0.25, 0.3) is 11.8 Å². The Bertz CT molecular complexity index is 1630. The van der Waals surface area contributed by atoms with Crippen molar-refractivity contribution in [3.63, 3.8) is 0 Å². The molecule has 0 aromatic heterocycles. The summed E-state index contributed by atoms with van der Waals surface area (Å²) in [5.41, 5.74) is 1.33. The maximum Gasteiger partial charge on any atom is 0.335 e. The first-order chi connectivity index (χ1) is 18.4. The van der Waals surface area contributed by atoms with Gasteiger partial charge in [0.15, 0.2) is 0 Å². The largest absolute Gasteiger partial charge is 0.497 e. The molecule has 0 bridgehead atoms. The summed E-state index contributed by atoms with van der Waals surface area (Å²) >= 11 is 12.1. The Morgan fingerprint density at radius 2 is 1.68 bits per heavy atom. The number of barbiturate groups is 1. The zero-order valence-electron chi connectivity index (χ0n) is 20.0. The second-order valence-corrected chi connectivity index (χ2v) is 9.20. The fraction of sp³-hybridized carbons (Fsp3) is 0.0690. The van der Waals surface area contributed by atoms with Crippen molar-refractivity contribution < 1.29 is 23.9 Å². The molecule has 38 heavy (non-hydrogen) atoms. The molecular weight excluding hydrogens is 527 g/mol. The minimum absolute atomic E-state index is 0.159. The summed E-state index contributed by atoms with van der Waals surface area (Å²) in [5, 5.41) is 4.75. The fourth-order valence-electron chi connectivity index (χ4n) is 4.13. The van der Waals surface area contributed by atoms with E-state index in [4.69, 9.17) is 32.7 Å². The number of carbonyl (C=O) groups is 3. The van der Waals surface area contributed by atoms with Gasteiger partial charge in [-0.05, 0) is 52.7 Å². The summed E-state index contributed by atoms with van der Waals surface area (Å²) in [6, 6.07) is 22.4. The van der Waals surface area contributed by atoms with Gasteiger partial charge in [0.2, 0.25) is 0 Å². The molecule has 0 spiro atoms. The number of anilines is 1. The van der Waals surface area contributed by atoms with Crippen LogP contribution in [0, 0.1) is 0 Å². The minimum atomic E-state index is -0.891. The van der Waals surface area contributed by atoms with Crippen LogP contribution in [0.4, 0.5) is 10.5 Å². The number of methoxy groups -OCH3 is 1. The Kier molecular flexibility index (Phi) is 7.05. The number of halogens is 2. The fourth-order valence-corrected chi connectivity index (χ4v) is 4.42. The number of rotatable bonds is 6. The van der Waals surface area contributed by atoms with Crippen molar-refractivity contribution in [1.82, 2.24) is 5.32 Å². The number of hydrogen-bond donors (Lipinski definition) is 1. The molecule has 1 aliphatic heterocycles. The Morgan fingerprint density at radius 1 is 0.895 bits per heavy atom. The number of carbonyl (C=O) groups excluding carboxylic acids is 3. The number of urea groups is 1. The van der Waals surface area contributed by atoms with Gasteiger partial charge in [0.1, 0.15) is 23.7 Å². The van der Waals surface area contributed by atoms with Crippen molar-refractivity contribution in [2.24, 2.45) is 0 Å². The van der Waals surface area contributed by atoms with Gasteiger partial charge >= 0.3 is 6.03 Å². The van der Waals surface area contributed by atoms with E-state index in [1.165, 1.54) is 31.4 Å². The highest BCUT2D eigenvalue weighted by atomic mass is 35.5. The Morgan fingerprint density at radius 3 is 2.47 bits per heavy atom. The van der Waals surface area contributed by atoms with Crippen LogP contribution in [0.5, 0.6) is 11.5 Å². The quantitative estimate of drug-likeness (QED) is 0.223. The van der Waals surface area contributed by atoms with E-state index in [1.807, 2.05) is 42.5 Å². The Labute approximate surface area is 228 Å². The van der Waals surface area contributed by atoms with E-state index in [0.717, 1.165) is 21.2 Å². The maximum atomic E-state index is 13.3. The molecule has 0 unspecified atom stereocenters. The summed E-state index contributed by atoms with van der Waals surface area (Å²) in [5.74, 6) is -0.712. The van der Waals surface area contributed by atoms with E-state index < -0.39 is 17.8 Å². The number of amides is 4. The lowest BCUT2D eigenvalue weighted by Gasteiger charge is -2.26. The molecule has 9 heteroatoms. The third-order valence-corrected chi connectivity index (χ3v) is 6.79. The van der Waals surface area contributed by atoms with Crippen molar-refractivity contribution in [3.05, 3.63) is 106 Å². The minimum Gasteiger partial charge on any atom is -0.497 e. The molecule has 0 atom stereocenters. The van der Waals surface area contributed by atoms with E-state index in [0.29, 0.717) is 17.1 Å². The van der Waals surface area contributed by atoms with Crippen LogP contribution in [0.15, 0.2) is 84.4 Å². The van der Waals surface area contributed by atoms with Gasteiger partial charge < -0.3 is 9.47 Å². The van der Waals surface area contributed by atoms with Crippen molar-refractivity contribution in [2.75, 3.05) is 12.0 Å². The van der Waals surface area contributed by atoms with Crippen LogP contribution >= 0.6 is 23.2 Å². The zero-order chi connectivity index (χ0) is 26.8. The van der Waals surface area contributed by atoms with Crippen LogP contribution in [0.3, 0.4) is 0 Å². The molecule has 7 nitrogen and oxygen atoms in total. The van der Waals surface area contributed by atoms with Gasteiger partial charge in [-0.2, -0.15) is 0 Å². The number of nitrogens with zero attached hydrogens (tertiary/aromatic N) is 1. The van der Waals surface area contributed by atoms with Crippen LogP contribution in [0.1, 0.15) is 11.1 Å². The smallest absolute Gasteiger partial charge is 0.335 e. The molecule has 1 saturated heterocycles. The summed E-state index contributed by atoms with van der Waals surface area (Å²) in [7, 11) is 1.53. The van der Waals surface area contributed by atoms with Crippen molar-refractivity contribution in [1.29, 1.82) is 0 Å². The molecule has 4 aromatic rings. The molecule has 5 rings (SSSR count). The highest BCUT2D eigenvalue weighted by Crippen LogP contribution is 2.32. The number of imide groups is 2. The zero-order valence-corrected chi connectivity index (χ0v) is 21.5. The molecule has 1 aliphatic rings. The number of nitrogens with one attached hydrogen (secondary N) is 1. The molecule has 4 aromatic carbocycles. The summed E-state index contributed by atoms with van der Waals surface area (Å²) in [4.78, 5) is 39.4. The van der Waals surface area contributed by atoms with Gasteiger partial charge in [0, 0.05) is 11.6 Å². The van der Waals surface area contributed by atoms with Gasteiger partial charge in [-0.3, -0.25) is 14.9 Å². The predicted molar refractivity (Wildman–Crippen MR) is 147 cm³/mol. The molecule has 190 valence electrons. The lowest BCUT2D eigenvalue weighted by atomic mass is 10.0. The number of hydrogen-bond acceptors (Lipinski definition) is 5.